The molecule has 0 amide bonds. The molecule has 0 saturated carbocycles. The minimum absolute atomic E-state index is 1.72. The highest BCUT2D eigenvalue weighted by Crippen LogP contribution is 2.21. The maximum absolute atomic E-state index is 9.11. The normalized spacial score (nSPS) is 11.0. The molecule has 2 atom stereocenters. The van der Waals surface area contributed by atoms with Gasteiger partial charge in [0.15, 0.2) is 8.93 Å². The third-order valence-electron chi connectivity index (χ3n) is 0. The zero-order chi connectivity index (χ0) is 3.58. The van der Waals surface area contributed by atoms with Gasteiger partial charge in [0, 0.05) is 0 Å². The van der Waals surface area contributed by atoms with Gasteiger partial charge in [-0.1, -0.05) is 0 Å². The summed E-state index contributed by atoms with van der Waals surface area (Å²) in [7, 11) is -0.231. The van der Waals surface area contributed by atoms with Crippen LogP contribution in [0.25, 0.3) is 0 Å². The fourth-order valence-corrected chi connectivity index (χ4v) is 0. The van der Waals surface area contributed by atoms with E-state index in [1.54, 1.807) is 8.93 Å². The van der Waals surface area contributed by atoms with Gasteiger partial charge in [-0.05, 0) is 4.57 Å². The van der Waals surface area contributed by atoms with Crippen molar-refractivity contribution in [2.24, 2.45) is 0 Å². The fraction of sp³-hybridized carbons (Fsp3) is 0. The van der Waals surface area contributed by atoms with E-state index in [0.717, 1.165) is 0 Å². The second kappa shape index (κ2) is 1.78. The highest BCUT2D eigenvalue weighted by molar-refractivity contribution is 8.03. The number of hydrogen-bond acceptors (Lipinski definition) is 1. The molecule has 1 N–H and O–H groups in total. The minimum atomic E-state index is -1.95. The Morgan fingerprint density at radius 3 is 2.00 bits per heavy atom. The first-order valence-electron chi connectivity index (χ1n) is 0.641. The van der Waals surface area contributed by atoms with Crippen LogP contribution in [0.4, 0.5) is 0 Å². The smallest absolute Gasteiger partial charge is 0.160 e. The summed E-state index contributed by atoms with van der Waals surface area (Å²) in [4.78, 5) is 7.53. The molecule has 0 spiro atoms. The van der Waals surface area contributed by atoms with Gasteiger partial charge in [-0.3, -0.25) is 0 Å². The van der Waals surface area contributed by atoms with Gasteiger partial charge in [0.05, 0.1) is 0 Å². The second-order valence-corrected chi connectivity index (χ2v) is 2.23. The van der Waals surface area contributed by atoms with E-state index < -0.39 is 7.72 Å². The van der Waals surface area contributed by atoms with Crippen molar-refractivity contribution in [1.82, 2.24) is 0 Å². The molecule has 0 fully saturated rings. The molecule has 0 aromatic heterocycles. The summed E-state index contributed by atoms with van der Waals surface area (Å²) >= 11 is 0. The van der Waals surface area contributed by atoms with Gasteiger partial charge in [-0.25, -0.2) is 0 Å². The molecule has 24 valence electrons. The maximum Gasteiger partial charge on any atom is 0.514 e. The van der Waals surface area contributed by atoms with E-state index in [4.69, 9.17) is 9.46 Å². The van der Waals surface area contributed by atoms with Gasteiger partial charge in [-0.15, -0.1) is 0 Å². The molecule has 0 rings (SSSR count). The monoisotopic (exact) mass is 97.0 g/mol. The van der Waals surface area contributed by atoms with Crippen molar-refractivity contribution < 1.29 is 9.46 Å². The van der Waals surface area contributed by atoms with Gasteiger partial charge >= 0.3 is 7.72 Å². The predicted octanol–water partition coefficient (Wildman–Crippen LogP) is 0.511. The van der Waals surface area contributed by atoms with Crippen LogP contribution in [-0.2, 0) is 4.57 Å². The van der Waals surface area contributed by atoms with Gasteiger partial charge in [0.25, 0.3) is 0 Å². The fourth-order valence-electron chi connectivity index (χ4n) is 0. The van der Waals surface area contributed by atoms with Crippen molar-refractivity contribution in [3.63, 3.8) is 0 Å². The molecular weight excluding hydrogens is 93.9 g/mol. The molecule has 4 heavy (non-hydrogen) atoms. The minimum Gasteiger partial charge on any atom is -0.160 e. The summed E-state index contributed by atoms with van der Waals surface area (Å²) in [5.41, 5.74) is 0. The lowest BCUT2D eigenvalue weighted by molar-refractivity contribution is 0.519. The van der Waals surface area contributed by atoms with E-state index in [9.17, 15) is 0 Å². The standard InChI is InChI=1S/H2O2P2/c1-4(2)3/h3H2/p+1. The number of rotatable bonds is 0. The molecule has 0 aliphatic heterocycles. The van der Waals surface area contributed by atoms with E-state index in [1.165, 1.54) is 0 Å². The Morgan fingerprint density at radius 2 is 2.00 bits per heavy atom. The third kappa shape index (κ3) is 23.0. The quantitative estimate of drug-likeness (QED) is 0.447. The van der Waals surface area contributed by atoms with E-state index in [0.29, 0.717) is 0 Å². The second-order valence-electron chi connectivity index (χ2n) is 0.303. The van der Waals surface area contributed by atoms with E-state index in [-0.39, 0.29) is 0 Å². The Hall–Kier alpha value is 0.490. The Labute approximate surface area is 27.2 Å². The first-order chi connectivity index (χ1) is 1.73. The first kappa shape index (κ1) is 4.49. The van der Waals surface area contributed by atoms with Crippen LogP contribution in [0.3, 0.4) is 0 Å². The van der Waals surface area contributed by atoms with E-state index in [1.807, 2.05) is 0 Å². The van der Waals surface area contributed by atoms with Crippen LogP contribution < -0.4 is 0 Å². The van der Waals surface area contributed by atoms with Crippen molar-refractivity contribution in [1.29, 1.82) is 0 Å². The van der Waals surface area contributed by atoms with Crippen molar-refractivity contribution in [2.45, 2.75) is 0 Å². The Morgan fingerprint density at radius 1 is 2.00 bits per heavy atom. The topological polar surface area (TPSA) is 37.3 Å². The van der Waals surface area contributed by atoms with Crippen LogP contribution in [0.15, 0.2) is 0 Å². The molecule has 0 radical (unpaired) electrons. The van der Waals surface area contributed by atoms with E-state index in [2.05, 4.69) is 0 Å². The zero-order valence-electron chi connectivity index (χ0n) is 1.88. The average molecular weight is 97.0 g/mol. The lowest BCUT2D eigenvalue weighted by Crippen LogP contribution is -1.19. The van der Waals surface area contributed by atoms with Crippen molar-refractivity contribution in [3.8, 4) is 0 Å². The van der Waals surface area contributed by atoms with Gasteiger partial charge in [0.2, 0.25) is 0 Å². The van der Waals surface area contributed by atoms with E-state index >= 15 is 0 Å². The summed E-state index contributed by atoms with van der Waals surface area (Å²) in [6.07, 6.45) is 0. The Balaban J connectivity index is 2.80. The molecule has 0 aromatic carbocycles. The lowest BCUT2D eigenvalue weighted by atomic mass is 15.9. The summed E-state index contributed by atoms with van der Waals surface area (Å²) in [6.45, 7) is 0. The van der Waals surface area contributed by atoms with Crippen LogP contribution in [0.5, 0.6) is 0 Å². The molecule has 0 bridgehead atoms. The molecule has 0 aliphatic carbocycles. The largest absolute Gasteiger partial charge is 0.514 e. The summed E-state index contributed by atoms with van der Waals surface area (Å²) in [5, 5.41) is 0. The molecule has 4 heteroatoms. The molecule has 0 heterocycles. The van der Waals surface area contributed by atoms with Crippen molar-refractivity contribution in [2.75, 3.05) is 0 Å². The predicted molar refractivity (Wildman–Crippen MR) is 19.5 cm³/mol. The SMILES string of the molecule is O=[P+](O)P. The Kier molecular flexibility index (Phi) is 1.99. The van der Waals surface area contributed by atoms with Crippen LogP contribution in [0, 0.1) is 0 Å². The molecular formula is H3O2P2+. The van der Waals surface area contributed by atoms with Crippen molar-refractivity contribution in [3.05, 3.63) is 0 Å². The van der Waals surface area contributed by atoms with Crippen LogP contribution >= 0.6 is 16.6 Å². The van der Waals surface area contributed by atoms with Gasteiger partial charge in [0.1, 0.15) is 0 Å². The van der Waals surface area contributed by atoms with Crippen LogP contribution in [0.1, 0.15) is 0 Å². The molecule has 0 aliphatic rings. The molecule has 2 nitrogen and oxygen atoms in total. The van der Waals surface area contributed by atoms with Crippen molar-refractivity contribution >= 4 is 16.6 Å². The maximum atomic E-state index is 9.11. The number of hydrogen-bond donors (Lipinski definition) is 1. The molecule has 0 saturated heterocycles. The van der Waals surface area contributed by atoms with Crippen LogP contribution in [-0.4, -0.2) is 4.89 Å². The first-order valence-corrected chi connectivity index (χ1v) is 3.47. The van der Waals surface area contributed by atoms with Gasteiger partial charge < -0.3 is 0 Å². The zero-order valence-corrected chi connectivity index (χ0v) is 3.93. The Bertz CT molecular complexity index is 27.0. The third-order valence-corrected chi connectivity index (χ3v) is 0. The summed E-state index contributed by atoms with van der Waals surface area (Å²) < 4.78 is 9.11. The summed E-state index contributed by atoms with van der Waals surface area (Å²) in [5.74, 6) is 0. The molecule has 2 unspecified atom stereocenters. The van der Waals surface area contributed by atoms with Gasteiger partial charge in [-0.2, -0.15) is 4.89 Å². The molecule has 0 aromatic rings. The highest BCUT2D eigenvalue weighted by Gasteiger charge is 1.86. The summed E-state index contributed by atoms with van der Waals surface area (Å²) in [6, 6.07) is 0. The highest BCUT2D eigenvalue weighted by atomic mass is 32.0. The lowest BCUT2D eigenvalue weighted by Gasteiger charge is -1.35. The van der Waals surface area contributed by atoms with Crippen LogP contribution in [0.2, 0.25) is 0 Å². The average Bonchev–Trinajstić information content (AvgIpc) is 0.811.